The van der Waals surface area contributed by atoms with Crippen LogP contribution in [0.3, 0.4) is 0 Å². The van der Waals surface area contributed by atoms with Gasteiger partial charge in [-0.25, -0.2) is 4.98 Å². The van der Waals surface area contributed by atoms with Crippen LogP contribution >= 0.6 is 0 Å². The minimum absolute atomic E-state index is 0.0768. The largest absolute Gasteiger partial charge is 0.433 e. The van der Waals surface area contributed by atoms with Gasteiger partial charge in [-0.05, 0) is 42.8 Å². The van der Waals surface area contributed by atoms with E-state index in [-0.39, 0.29) is 16.9 Å². The molecule has 0 radical (unpaired) electrons. The Morgan fingerprint density at radius 2 is 1.50 bits per heavy atom. The highest BCUT2D eigenvalue weighted by atomic mass is 19.4. The number of benzene rings is 1. The van der Waals surface area contributed by atoms with Gasteiger partial charge in [0.2, 0.25) is 0 Å². The molecule has 0 unspecified atom stereocenters. The maximum absolute atomic E-state index is 12.8. The Bertz CT molecular complexity index is 1360. The van der Waals surface area contributed by atoms with Crippen LogP contribution in [0.25, 0.3) is 28.0 Å². The van der Waals surface area contributed by atoms with Crippen LogP contribution in [0, 0.1) is 6.92 Å². The predicted octanol–water partition coefficient (Wildman–Crippen LogP) is 5.16. The smallest absolute Gasteiger partial charge is 0.267 e. The number of halogens is 6. The molecule has 32 heavy (non-hydrogen) atoms. The number of nitrogens with zero attached hydrogens (tertiary/aromatic N) is 4. The van der Waals surface area contributed by atoms with Crippen LogP contribution in [0.4, 0.5) is 26.3 Å². The molecule has 11 heteroatoms. The van der Waals surface area contributed by atoms with Crippen molar-refractivity contribution in [1.82, 2.24) is 19.6 Å². The third-order valence-corrected chi connectivity index (χ3v) is 4.71. The Kier molecular flexibility index (Phi) is 4.99. The number of aromatic nitrogens is 4. The first-order valence-corrected chi connectivity index (χ1v) is 9.06. The van der Waals surface area contributed by atoms with Gasteiger partial charge in [-0.15, -0.1) is 0 Å². The summed E-state index contributed by atoms with van der Waals surface area (Å²) in [6.07, 6.45) is -8.12. The van der Waals surface area contributed by atoms with E-state index < -0.39 is 29.2 Å². The van der Waals surface area contributed by atoms with E-state index in [4.69, 9.17) is 0 Å². The Labute approximate surface area is 176 Å². The van der Waals surface area contributed by atoms with E-state index in [1.54, 1.807) is 6.92 Å². The summed E-state index contributed by atoms with van der Waals surface area (Å²) in [5, 5.41) is 4.16. The molecule has 0 saturated carbocycles. The molecule has 0 N–H and O–H groups in total. The van der Waals surface area contributed by atoms with Crippen LogP contribution in [-0.4, -0.2) is 19.6 Å². The van der Waals surface area contributed by atoms with Gasteiger partial charge >= 0.3 is 12.4 Å². The van der Waals surface area contributed by atoms with Gasteiger partial charge in [0.15, 0.2) is 5.65 Å². The zero-order valence-corrected chi connectivity index (χ0v) is 16.2. The average molecular weight is 450 g/mol. The minimum Gasteiger partial charge on any atom is -0.267 e. The minimum atomic E-state index is -4.60. The van der Waals surface area contributed by atoms with E-state index >= 15 is 0 Å². The van der Waals surface area contributed by atoms with Crippen LogP contribution in [0.2, 0.25) is 0 Å². The van der Waals surface area contributed by atoms with Crippen molar-refractivity contribution in [2.24, 2.45) is 0 Å². The molecular weight excluding hydrogens is 438 g/mol. The quantitative estimate of drug-likeness (QED) is 0.396. The molecule has 1 aromatic carbocycles. The van der Waals surface area contributed by atoms with Crippen molar-refractivity contribution in [2.75, 3.05) is 0 Å². The summed E-state index contributed by atoms with van der Waals surface area (Å²) >= 11 is 0. The Hall–Kier alpha value is -3.76. The van der Waals surface area contributed by atoms with Gasteiger partial charge in [0.05, 0.1) is 17.0 Å². The number of aryl methyl sites for hydroxylation is 1. The van der Waals surface area contributed by atoms with Crippen LogP contribution in [0.15, 0.2) is 59.5 Å². The number of rotatable bonds is 2. The number of hydrogen-bond acceptors (Lipinski definition) is 4. The highest BCUT2D eigenvalue weighted by Crippen LogP contribution is 2.32. The fourth-order valence-corrected chi connectivity index (χ4v) is 3.12. The van der Waals surface area contributed by atoms with Gasteiger partial charge in [-0.1, -0.05) is 12.1 Å². The van der Waals surface area contributed by atoms with Crippen molar-refractivity contribution < 1.29 is 26.3 Å². The molecule has 0 aliphatic heterocycles. The predicted molar refractivity (Wildman–Crippen MR) is 103 cm³/mol. The normalized spacial score (nSPS) is 12.3. The summed E-state index contributed by atoms with van der Waals surface area (Å²) in [6, 6.07) is 8.95. The lowest BCUT2D eigenvalue weighted by Crippen LogP contribution is -2.18. The molecular formula is C21H12F6N4O. The molecule has 0 bridgehead atoms. The highest BCUT2D eigenvalue weighted by molar-refractivity contribution is 5.70. The third-order valence-electron chi connectivity index (χ3n) is 4.71. The Balaban J connectivity index is 1.80. The van der Waals surface area contributed by atoms with E-state index in [1.807, 2.05) is 0 Å². The molecule has 164 valence electrons. The number of pyridine rings is 1. The molecule has 0 aliphatic carbocycles. The Morgan fingerprint density at radius 3 is 2.06 bits per heavy atom. The second-order valence-electron chi connectivity index (χ2n) is 6.90. The fraction of sp³-hybridized carbons (Fsp3) is 0.143. The zero-order valence-electron chi connectivity index (χ0n) is 16.2. The molecule has 0 aliphatic rings. The van der Waals surface area contributed by atoms with Crippen molar-refractivity contribution in [3.05, 3.63) is 82.0 Å². The first-order chi connectivity index (χ1) is 14.9. The second kappa shape index (κ2) is 7.43. The van der Waals surface area contributed by atoms with Crippen molar-refractivity contribution in [2.45, 2.75) is 19.3 Å². The SMILES string of the molecule is Cc1nn2c(=O)cc(-c3ccc(C(F)(F)F)nc3)nc2cc1-c1ccc(C(F)(F)F)cc1. The summed E-state index contributed by atoms with van der Waals surface area (Å²) in [4.78, 5) is 20.1. The molecule has 4 aromatic rings. The molecule has 3 heterocycles. The fourth-order valence-electron chi connectivity index (χ4n) is 3.12. The van der Waals surface area contributed by atoms with Gasteiger partial charge in [-0.3, -0.25) is 9.78 Å². The van der Waals surface area contributed by atoms with Crippen LogP contribution in [-0.2, 0) is 12.4 Å². The lowest BCUT2D eigenvalue weighted by Gasteiger charge is -2.11. The molecule has 0 spiro atoms. The average Bonchev–Trinajstić information content (AvgIpc) is 2.73. The number of fused-ring (bicyclic) bond motifs is 1. The van der Waals surface area contributed by atoms with Gasteiger partial charge in [0, 0.05) is 23.4 Å². The summed E-state index contributed by atoms with van der Waals surface area (Å²) in [5.74, 6) is 0. The van der Waals surface area contributed by atoms with Crippen molar-refractivity contribution in [1.29, 1.82) is 0 Å². The zero-order chi connectivity index (χ0) is 23.3. The van der Waals surface area contributed by atoms with Crippen molar-refractivity contribution in [3.8, 4) is 22.4 Å². The maximum atomic E-state index is 12.8. The summed E-state index contributed by atoms with van der Waals surface area (Å²) in [6.45, 7) is 1.59. The van der Waals surface area contributed by atoms with Crippen molar-refractivity contribution >= 4 is 5.65 Å². The molecule has 4 rings (SSSR count). The van der Waals surface area contributed by atoms with E-state index in [9.17, 15) is 31.1 Å². The molecule has 0 saturated heterocycles. The van der Waals surface area contributed by atoms with Gasteiger partial charge in [0.25, 0.3) is 5.56 Å². The van der Waals surface area contributed by atoms with E-state index in [1.165, 1.54) is 18.2 Å². The topological polar surface area (TPSA) is 60.2 Å². The maximum Gasteiger partial charge on any atom is 0.433 e. The molecule has 3 aromatic heterocycles. The summed E-state index contributed by atoms with van der Waals surface area (Å²) < 4.78 is 77.6. The van der Waals surface area contributed by atoms with Crippen LogP contribution in [0.5, 0.6) is 0 Å². The van der Waals surface area contributed by atoms with Crippen LogP contribution < -0.4 is 5.56 Å². The van der Waals surface area contributed by atoms with E-state index in [0.717, 1.165) is 41.0 Å². The Morgan fingerprint density at radius 1 is 0.844 bits per heavy atom. The summed E-state index contributed by atoms with van der Waals surface area (Å²) in [7, 11) is 0. The van der Waals surface area contributed by atoms with Gasteiger partial charge in [-0.2, -0.15) is 36.0 Å². The number of alkyl halides is 6. The summed E-state index contributed by atoms with van der Waals surface area (Å²) in [5.41, 5.74) is -0.853. The molecule has 0 atom stereocenters. The first kappa shape index (κ1) is 21.5. The van der Waals surface area contributed by atoms with Gasteiger partial charge < -0.3 is 0 Å². The second-order valence-corrected chi connectivity index (χ2v) is 6.90. The molecule has 0 amide bonds. The lowest BCUT2D eigenvalue weighted by molar-refractivity contribution is -0.141. The molecule has 5 nitrogen and oxygen atoms in total. The van der Waals surface area contributed by atoms with Crippen LogP contribution in [0.1, 0.15) is 17.0 Å². The monoisotopic (exact) mass is 450 g/mol. The van der Waals surface area contributed by atoms with Gasteiger partial charge in [0.1, 0.15) is 5.69 Å². The number of hydrogen-bond donors (Lipinski definition) is 0. The highest BCUT2D eigenvalue weighted by Gasteiger charge is 2.32. The molecule has 0 fully saturated rings. The van der Waals surface area contributed by atoms with E-state index in [0.29, 0.717) is 16.8 Å². The standard InChI is InChI=1S/C21H12F6N4O/c1-11-15(12-2-5-14(6-3-12)20(22,23)24)8-18-29-16(9-19(32)31(18)30-11)13-4-7-17(28-10-13)21(25,26)27/h2-10H,1H3. The van der Waals surface area contributed by atoms with Crippen molar-refractivity contribution in [3.63, 3.8) is 0 Å². The van der Waals surface area contributed by atoms with E-state index in [2.05, 4.69) is 15.1 Å². The third kappa shape index (κ3) is 4.05. The first-order valence-electron chi connectivity index (χ1n) is 9.06. The lowest BCUT2D eigenvalue weighted by atomic mass is 10.0.